The Labute approximate surface area is 244 Å². The van der Waals surface area contributed by atoms with Crippen molar-refractivity contribution < 1.29 is 4.42 Å². The van der Waals surface area contributed by atoms with Gasteiger partial charge in [0.05, 0.1) is 5.69 Å². The van der Waals surface area contributed by atoms with Gasteiger partial charge in [0.15, 0.2) is 0 Å². The molecule has 7 aromatic carbocycles. The van der Waals surface area contributed by atoms with Crippen LogP contribution in [0.3, 0.4) is 0 Å². The maximum Gasteiger partial charge on any atom is 0.143 e. The Morgan fingerprint density at radius 1 is 0.429 bits per heavy atom. The lowest BCUT2D eigenvalue weighted by atomic mass is 9.97. The van der Waals surface area contributed by atoms with E-state index in [2.05, 4.69) is 169 Å². The normalized spacial score (nSPS) is 11.3. The fourth-order valence-electron chi connectivity index (χ4n) is 6.14. The molecule has 42 heavy (non-hydrogen) atoms. The summed E-state index contributed by atoms with van der Waals surface area (Å²) < 4.78 is 6.50. The lowest BCUT2D eigenvalue weighted by Gasteiger charge is -2.28. The van der Waals surface area contributed by atoms with Crippen molar-refractivity contribution in [2.24, 2.45) is 0 Å². The molecule has 2 nitrogen and oxygen atoms in total. The van der Waals surface area contributed by atoms with Gasteiger partial charge in [-0.1, -0.05) is 121 Å². The van der Waals surface area contributed by atoms with Crippen molar-refractivity contribution in [2.75, 3.05) is 4.90 Å². The van der Waals surface area contributed by atoms with E-state index in [4.69, 9.17) is 4.42 Å². The molecule has 0 amide bonds. The van der Waals surface area contributed by atoms with Crippen molar-refractivity contribution in [3.05, 3.63) is 164 Å². The zero-order chi connectivity index (χ0) is 27.9. The quantitative estimate of drug-likeness (QED) is 0.217. The molecule has 1 heterocycles. The van der Waals surface area contributed by atoms with Gasteiger partial charge in [0.1, 0.15) is 11.2 Å². The standard InChI is InChI=1S/C40H27NO/c1-3-13-28(14-4-1)33-20-9-10-23-37(33)41(31-17-5-2-6-18-31)32-19-11-16-30(27-32)34-22-12-24-38-39(34)36-26-25-29-15-7-8-21-35(29)40(36)42-38/h1-27H. The first kappa shape index (κ1) is 24.2. The van der Waals surface area contributed by atoms with Gasteiger partial charge in [0.2, 0.25) is 0 Å². The Balaban J connectivity index is 1.34. The number of benzene rings is 7. The number of furan rings is 1. The molecule has 8 rings (SSSR count). The highest BCUT2D eigenvalue weighted by Crippen LogP contribution is 2.43. The molecule has 198 valence electrons. The number of hydrogen-bond donors (Lipinski definition) is 0. The summed E-state index contributed by atoms with van der Waals surface area (Å²) in [7, 11) is 0. The van der Waals surface area contributed by atoms with Gasteiger partial charge in [-0.15, -0.1) is 0 Å². The van der Waals surface area contributed by atoms with E-state index in [0.29, 0.717) is 0 Å². The molecule has 1 aromatic heterocycles. The van der Waals surface area contributed by atoms with Gasteiger partial charge in [-0.3, -0.25) is 0 Å². The topological polar surface area (TPSA) is 16.4 Å². The minimum absolute atomic E-state index is 0.901. The van der Waals surface area contributed by atoms with Crippen LogP contribution in [0.2, 0.25) is 0 Å². The number of hydrogen-bond acceptors (Lipinski definition) is 2. The Bertz CT molecular complexity index is 2200. The third kappa shape index (κ3) is 4.05. The fourth-order valence-corrected chi connectivity index (χ4v) is 6.14. The molecule has 0 unspecified atom stereocenters. The minimum atomic E-state index is 0.901. The molecule has 0 spiro atoms. The summed E-state index contributed by atoms with van der Waals surface area (Å²) in [6.07, 6.45) is 0. The van der Waals surface area contributed by atoms with Crippen LogP contribution < -0.4 is 4.90 Å². The van der Waals surface area contributed by atoms with E-state index in [0.717, 1.165) is 55.5 Å². The molecule has 2 heteroatoms. The van der Waals surface area contributed by atoms with Crippen LogP contribution in [-0.2, 0) is 0 Å². The van der Waals surface area contributed by atoms with E-state index in [1.165, 1.54) is 16.5 Å². The van der Waals surface area contributed by atoms with Crippen molar-refractivity contribution >= 4 is 49.8 Å². The number of para-hydroxylation sites is 2. The predicted molar refractivity (Wildman–Crippen MR) is 177 cm³/mol. The summed E-state index contributed by atoms with van der Waals surface area (Å²) in [5.74, 6) is 0. The smallest absolute Gasteiger partial charge is 0.143 e. The number of anilines is 3. The summed E-state index contributed by atoms with van der Waals surface area (Å²) in [4.78, 5) is 2.35. The molecule has 0 aliphatic rings. The highest BCUT2D eigenvalue weighted by molar-refractivity contribution is 6.19. The molecule has 0 N–H and O–H groups in total. The SMILES string of the molecule is c1ccc(-c2ccccc2N(c2ccccc2)c2cccc(-c3cccc4oc5c6ccccc6ccc5c34)c2)cc1. The lowest BCUT2D eigenvalue weighted by molar-refractivity contribution is 0.673. The van der Waals surface area contributed by atoms with Gasteiger partial charge in [0.25, 0.3) is 0 Å². The maximum absolute atomic E-state index is 6.50. The Hall–Kier alpha value is -5.60. The average Bonchev–Trinajstić information content (AvgIpc) is 3.46. The van der Waals surface area contributed by atoms with Crippen LogP contribution in [0.1, 0.15) is 0 Å². The van der Waals surface area contributed by atoms with Crippen molar-refractivity contribution in [2.45, 2.75) is 0 Å². The molecule has 0 aliphatic heterocycles. The molecule has 0 radical (unpaired) electrons. The summed E-state index contributed by atoms with van der Waals surface area (Å²) in [6.45, 7) is 0. The average molecular weight is 538 g/mol. The van der Waals surface area contributed by atoms with E-state index >= 15 is 0 Å². The van der Waals surface area contributed by atoms with Gasteiger partial charge < -0.3 is 9.32 Å². The third-order valence-electron chi connectivity index (χ3n) is 8.05. The van der Waals surface area contributed by atoms with Gasteiger partial charge >= 0.3 is 0 Å². The van der Waals surface area contributed by atoms with Crippen LogP contribution in [0.4, 0.5) is 17.1 Å². The van der Waals surface area contributed by atoms with Crippen LogP contribution in [0.25, 0.3) is 55.0 Å². The summed E-state index contributed by atoms with van der Waals surface area (Å²) >= 11 is 0. The molecular formula is C40H27NO. The van der Waals surface area contributed by atoms with E-state index in [-0.39, 0.29) is 0 Å². The van der Waals surface area contributed by atoms with Gasteiger partial charge in [-0.25, -0.2) is 0 Å². The summed E-state index contributed by atoms with van der Waals surface area (Å²) in [5, 5.41) is 4.60. The molecule has 0 fully saturated rings. The Kier molecular flexibility index (Phi) is 5.82. The number of fused-ring (bicyclic) bond motifs is 5. The van der Waals surface area contributed by atoms with Gasteiger partial charge in [-0.05, 0) is 64.5 Å². The molecule has 0 atom stereocenters. The van der Waals surface area contributed by atoms with Crippen molar-refractivity contribution in [1.82, 2.24) is 0 Å². The maximum atomic E-state index is 6.50. The van der Waals surface area contributed by atoms with E-state index in [1.54, 1.807) is 0 Å². The van der Waals surface area contributed by atoms with Gasteiger partial charge in [0, 0.05) is 33.1 Å². The van der Waals surface area contributed by atoms with Crippen LogP contribution >= 0.6 is 0 Å². The van der Waals surface area contributed by atoms with Crippen LogP contribution in [0, 0.1) is 0 Å². The second-order valence-corrected chi connectivity index (χ2v) is 10.5. The predicted octanol–water partition coefficient (Wildman–Crippen LogP) is 11.5. The van der Waals surface area contributed by atoms with Gasteiger partial charge in [-0.2, -0.15) is 0 Å². The monoisotopic (exact) mass is 537 g/mol. The van der Waals surface area contributed by atoms with Crippen molar-refractivity contribution in [3.63, 3.8) is 0 Å². The number of nitrogens with zero attached hydrogens (tertiary/aromatic N) is 1. The Morgan fingerprint density at radius 2 is 1.10 bits per heavy atom. The van der Waals surface area contributed by atoms with Crippen LogP contribution in [0.5, 0.6) is 0 Å². The zero-order valence-corrected chi connectivity index (χ0v) is 22.9. The molecule has 8 aromatic rings. The second kappa shape index (κ2) is 10.1. The minimum Gasteiger partial charge on any atom is -0.455 e. The van der Waals surface area contributed by atoms with Crippen molar-refractivity contribution in [3.8, 4) is 22.3 Å². The largest absolute Gasteiger partial charge is 0.455 e. The van der Waals surface area contributed by atoms with E-state index < -0.39 is 0 Å². The molecular weight excluding hydrogens is 510 g/mol. The molecule has 0 aliphatic carbocycles. The second-order valence-electron chi connectivity index (χ2n) is 10.5. The first-order valence-corrected chi connectivity index (χ1v) is 14.3. The summed E-state index contributed by atoms with van der Waals surface area (Å²) in [6, 6.07) is 57.9. The fraction of sp³-hybridized carbons (Fsp3) is 0. The lowest BCUT2D eigenvalue weighted by Crippen LogP contribution is -2.11. The number of rotatable bonds is 5. The summed E-state index contributed by atoms with van der Waals surface area (Å²) in [5.41, 5.74) is 9.85. The molecule has 0 saturated heterocycles. The first-order valence-electron chi connectivity index (χ1n) is 14.3. The molecule has 0 bridgehead atoms. The zero-order valence-electron chi connectivity index (χ0n) is 22.9. The van der Waals surface area contributed by atoms with Crippen LogP contribution in [-0.4, -0.2) is 0 Å². The van der Waals surface area contributed by atoms with Crippen molar-refractivity contribution in [1.29, 1.82) is 0 Å². The van der Waals surface area contributed by atoms with E-state index in [1.807, 2.05) is 0 Å². The highest BCUT2D eigenvalue weighted by Gasteiger charge is 2.19. The van der Waals surface area contributed by atoms with Crippen LogP contribution in [0.15, 0.2) is 168 Å². The third-order valence-corrected chi connectivity index (χ3v) is 8.05. The van der Waals surface area contributed by atoms with E-state index in [9.17, 15) is 0 Å². The highest BCUT2D eigenvalue weighted by atomic mass is 16.3. The molecule has 0 saturated carbocycles. The first-order chi connectivity index (χ1) is 20.8. The Morgan fingerprint density at radius 3 is 1.98 bits per heavy atom.